The van der Waals surface area contributed by atoms with Gasteiger partial charge in [-0.2, -0.15) is 0 Å². The zero-order valence-corrected chi connectivity index (χ0v) is 15.9. The zero-order valence-electron chi connectivity index (χ0n) is 15.9. The Balaban J connectivity index is 1.76. The van der Waals surface area contributed by atoms with Crippen molar-refractivity contribution in [1.29, 1.82) is 0 Å². The van der Waals surface area contributed by atoms with Gasteiger partial charge in [-0.15, -0.1) is 0 Å². The molecule has 0 spiro atoms. The molecule has 6 heteroatoms. The number of rotatable bonds is 4. The van der Waals surface area contributed by atoms with E-state index in [2.05, 4.69) is 0 Å². The van der Waals surface area contributed by atoms with Crippen molar-refractivity contribution in [2.24, 2.45) is 0 Å². The number of benzene rings is 2. The van der Waals surface area contributed by atoms with Crippen LogP contribution in [-0.4, -0.2) is 55.3 Å². The smallest absolute Gasteiger partial charge is 0.246 e. The summed E-state index contributed by atoms with van der Waals surface area (Å²) in [6.07, 6.45) is 0. The number of anilines is 1. The minimum atomic E-state index is -0.626. The lowest BCUT2D eigenvalue weighted by molar-refractivity contribution is -0.141. The number of nitrogens with zero attached hydrogens (tertiary/aromatic N) is 3. The molecule has 0 aliphatic carbocycles. The van der Waals surface area contributed by atoms with Crippen LogP contribution in [0.2, 0.25) is 0 Å². The van der Waals surface area contributed by atoms with Crippen molar-refractivity contribution in [2.75, 3.05) is 38.6 Å². The molecule has 2 aromatic carbocycles. The topological polar surface area (TPSA) is 43.9 Å². The standard InChI is InChI=1S/C21H24FN3O2/c1-15-7-9-18(10-8-15)25-12-11-24(14-19(25)26)21(27)20(23(2)3)16-5-4-6-17(22)13-16/h4-10,13,20H,11-12,14H2,1-3H3/t20-/m0/s1. The van der Waals surface area contributed by atoms with E-state index >= 15 is 0 Å². The van der Waals surface area contributed by atoms with Crippen LogP contribution in [-0.2, 0) is 9.59 Å². The third-order valence-electron chi connectivity index (χ3n) is 4.79. The molecular weight excluding hydrogens is 345 g/mol. The van der Waals surface area contributed by atoms with Crippen LogP contribution in [0.3, 0.4) is 0 Å². The first-order valence-electron chi connectivity index (χ1n) is 8.94. The maximum atomic E-state index is 13.6. The van der Waals surface area contributed by atoms with Gasteiger partial charge < -0.3 is 9.80 Å². The van der Waals surface area contributed by atoms with Gasteiger partial charge in [0.1, 0.15) is 18.4 Å². The second-order valence-electron chi connectivity index (χ2n) is 7.06. The molecule has 1 fully saturated rings. The average molecular weight is 369 g/mol. The lowest BCUT2D eigenvalue weighted by Gasteiger charge is -2.37. The summed E-state index contributed by atoms with van der Waals surface area (Å²) in [5.74, 6) is -0.690. The molecule has 3 rings (SSSR count). The van der Waals surface area contributed by atoms with E-state index in [1.165, 1.54) is 12.1 Å². The van der Waals surface area contributed by atoms with Crippen LogP contribution in [0.25, 0.3) is 0 Å². The molecule has 1 aliphatic heterocycles. The molecule has 1 atom stereocenters. The normalized spacial score (nSPS) is 16.0. The number of hydrogen-bond acceptors (Lipinski definition) is 3. The summed E-state index contributed by atoms with van der Waals surface area (Å²) < 4.78 is 13.6. The predicted octanol–water partition coefficient (Wildman–Crippen LogP) is 2.61. The fraction of sp³-hybridized carbons (Fsp3) is 0.333. The van der Waals surface area contributed by atoms with Gasteiger partial charge in [0.2, 0.25) is 11.8 Å². The lowest BCUT2D eigenvalue weighted by atomic mass is 10.0. The highest BCUT2D eigenvalue weighted by atomic mass is 19.1. The molecule has 0 saturated carbocycles. The van der Waals surface area contributed by atoms with Crippen molar-refractivity contribution in [2.45, 2.75) is 13.0 Å². The van der Waals surface area contributed by atoms with Crippen LogP contribution < -0.4 is 4.90 Å². The summed E-state index contributed by atoms with van der Waals surface area (Å²) in [7, 11) is 3.55. The summed E-state index contributed by atoms with van der Waals surface area (Å²) in [4.78, 5) is 30.7. The Labute approximate surface area is 159 Å². The van der Waals surface area contributed by atoms with E-state index in [1.54, 1.807) is 40.9 Å². The maximum absolute atomic E-state index is 13.6. The van der Waals surface area contributed by atoms with Crippen molar-refractivity contribution in [3.8, 4) is 0 Å². The van der Waals surface area contributed by atoms with Gasteiger partial charge in [0.05, 0.1) is 0 Å². The van der Waals surface area contributed by atoms with Crippen molar-refractivity contribution < 1.29 is 14.0 Å². The van der Waals surface area contributed by atoms with Gasteiger partial charge in [0, 0.05) is 18.8 Å². The van der Waals surface area contributed by atoms with E-state index in [4.69, 9.17) is 0 Å². The van der Waals surface area contributed by atoms with Crippen LogP contribution in [0.1, 0.15) is 17.2 Å². The summed E-state index contributed by atoms with van der Waals surface area (Å²) in [5, 5.41) is 0. The lowest BCUT2D eigenvalue weighted by Crippen LogP contribution is -2.54. The third-order valence-corrected chi connectivity index (χ3v) is 4.79. The van der Waals surface area contributed by atoms with Crippen LogP contribution in [0.5, 0.6) is 0 Å². The first-order chi connectivity index (χ1) is 12.9. The van der Waals surface area contributed by atoms with Gasteiger partial charge in [-0.1, -0.05) is 29.8 Å². The Kier molecular flexibility index (Phi) is 5.56. The Morgan fingerprint density at radius 1 is 1.11 bits per heavy atom. The number of hydrogen-bond donors (Lipinski definition) is 0. The summed E-state index contributed by atoms with van der Waals surface area (Å²) in [6, 6.07) is 13.2. The van der Waals surface area contributed by atoms with E-state index in [9.17, 15) is 14.0 Å². The Hall–Kier alpha value is -2.73. The predicted molar refractivity (Wildman–Crippen MR) is 103 cm³/mol. The first-order valence-corrected chi connectivity index (χ1v) is 8.94. The van der Waals surface area contributed by atoms with Gasteiger partial charge in [0.25, 0.3) is 0 Å². The number of halogens is 1. The molecule has 0 bridgehead atoms. The Morgan fingerprint density at radius 3 is 2.41 bits per heavy atom. The largest absolute Gasteiger partial charge is 0.330 e. The van der Waals surface area contributed by atoms with E-state index < -0.39 is 6.04 Å². The van der Waals surface area contributed by atoms with Crippen LogP contribution >= 0.6 is 0 Å². The highest BCUT2D eigenvalue weighted by Gasteiger charge is 2.33. The molecule has 0 N–H and O–H groups in total. The quantitative estimate of drug-likeness (QED) is 0.832. The van der Waals surface area contributed by atoms with Crippen molar-refractivity contribution in [1.82, 2.24) is 9.80 Å². The van der Waals surface area contributed by atoms with Crippen molar-refractivity contribution in [3.05, 3.63) is 65.5 Å². The number of piperazine rings is 1. The molecule has 2 amide bonds. The first kappa shape index (κ1) is 19.0. The van der Waals surface area contributed by atoms with Gasteiger partial charge in [-0.3, -0.25) is 14.5 Å². The molecule has 5 nitrogen and oxygen atoms in total. The number of aryl methyl sites for hydroxylation is 1. The molecular formula is C21H24FN3O2. The second kappa shape index (κ2) is 7.88. The minimum absolute atomic E-state index is 0.0202. The maximum Gasteiger partial charge on any atom is 0.246 e. The van der Waals surface area contributed by atoms with Crippen LogP contribution in [0.15, 0.2) is 48.5 Å². The Morgan fingerprint density at radius 2 is 1.81 bits per heavy atom. The molecule has 142 valence electrons. The van der Waals surface area contributed by atoms with Crippen molar-refractivity contribution in [3.63, 3.8) is 0 Å². The van der Waals surface area contributed by atoms with E-state index in [-0.39, 0.29) is 24.2 Å². The highest BCUT2D eigenvalue weighted by molar-refractivity contribution is 5.98. The minimum Gasteiger partial charge on any atom is -0.330 e. The summed E-state index contributed by atoms with van der Waals surface area (Å²) >= 11 is 0. The molecule has 1 aliphatic rings. The van der Waals surface area contributed by atoms with E-state index in [1.807, 2.05) is 31.2 Å². The number of likely N-dealkylation sites (N-methyl/N-ethyl adjacent to an activating group) is 1. The van der Waals surface area contributed by atoms with E-state index in [0.717, 1.165) is 11.3 Å². The van der Waals surface area contributed by atoms with Crippen LogP contribution in [0.4, 0.5) is 10.1 Å². The molecule has 0 aromatic heterocycles. The molecule has 1 saturated heterocycles. The van der Waals surface area contributed by atoms with Gasteiger partial charge in [-0.25, -0.2) is 4.39 Å². The highest BCUT2D eigenvalue weighted by Crippen LogP contribution is 2.24. The average Bonchev–Trinajstić information content (AvgIpc) is 2.62. The van der Waals surface area contributed by atoms with E-state index in [0.29, 0.717) is 18.7 Å². The molecule has 0 unspecified atom stereocenters. The zero-order chi connectivity index (χ0) is 19.6. The summed E-state index contributed by atoms with van der Waals surface area (Å²) in [6.45, 7) is 2.90. The molecule has 2 aromatic rings. The molecule has 1 heterocycles. The number of carbonyl (C=O) groups is 2. The van der Waals surface area contributed by atoms with Gasteiger partial charge in [-0.05, 0) is 50.8 Å². The van der Waals surface area contributed by atoms with Crippen molar-refractivity contribution >= 4 is 17.5 Å². The SMILES string of the molecule is Cc1ccc(N2CCN(C(=O)[C@H](c3cccc(F)c3)N(C)C)CC2=O)cc1. The molecule has 0 radical (unpaired) electrons. The second-order valence-corrected chi connectivity index (χ2v) is 7.06. The summed E-state index contributed by atoms with van der Waals surface area (Å²) in [5.41, 5.74) is 2.55. The molecule has 27 heavy (non-hydrogen) atoms. The van der Waals surface area contributed by atoms with Gasteiger partial charge >= 0.3 is 0 Å². The monoisotopic (exact) mass is 369 g/mol. The third kappa shape index (κ3) is 4.17. The van der Waals surface area contributed by atoms with Crippen LogP contribution in [0, 0.1) is 12.7 Å². The van der Waals surface area contributed by atoms with Gasteiger partial charge in [0.15, 0.2) is 0 Å². The number of amides is 2. The fourth-order valence-corrected chi connectivity index (χ4v) is 3.37. The Bertz CT molecular complexity index is 836. The fourth-order valence-electron chi connectivity index (χ4n) is 3.37. The number of carbonyl (C=O) groups excluding carboxylic acids is 2.